The van der Waals surface area contributed by atoms with Crippen LogP contribution < -0.4 is 5.19 Å². The molecule has 0 nitrogen and oxygen atoms in total. The normalized spacial score (nSPS) is 10.5. The summed E-state index contributed by atoms with van der Waals surface area (Å²) in [7, 11) is 1.00. The Hall–Kier alpha value is -0.633. The van der Waals surface area contributed by atoms with Crippen molar-refractivity contribution in [3.05, 3.63) is 28.6 Å². The highest BCUT2D eigenvalue weighted by molar-refractivity contribution is 6.33. The van der Waals surface area contributed by atoms with Gasteiger partial charge in [-0.2, -0.15) is 0 Å². The molecule has 0 saturated carbocycles. The van der Waals surface area contributed by atoms with E-state index in [-0.39, 0.29) is 5.82 Å². The maximum absolute atomic E-state index is 13.2. The Bertz CT molecular complexity index is 266. The van der Waals surface area contributed by atoms with Gasteiger partial charge in [0.05, 0.1) is 0 Å². The van der Waals surface area contributed by atoms with E-state index in [2.05, 4.69) is 0 Å². The summed E-state index contributed by atoms with van der Waals surface area (Å²) in [5.74, 6) is -0.0397. The Morgan fingerprint density at radius 1 is 1.18 bits per heavy atom. The highest BCUT2D eigenvalue weighted by Gasteiger charge is 2.05. The van der Waals surface area contributed by atoms with Gasteiger partial charge in [0.1, 0.15) is 5.82 Å². The van der Waals surface area contributed by atoms with Gasteiger partial charge in [0.25, 0.3) is 0 Å². The summed E-state index contributed by atoms with van der Waals surface area (Å²) in [6.45, 7) is 5.66. The summed E-state index contributed by atoms with van der Waals surface area (Å²) in [6, 6.07) is 1.95. The molecule has 0 spiro atoms. The molecular formula is C9H13FSi. The van der Waals surface area contributed by atoms with E-state index in [1.165, 1.54) is 5.19 Å². The maximum Gasteiger partial charge on any atom is 0.129 e. The Labute approximate surface area is 69.9 Å². The van der Waals surface area contributed by atoms with Gasteiger partial charge < -0.3 is 0 Å². The zero-order valence-electron chi connectivity index (χ0n) is 7.46. The predicted octanol–water partition coefficient (Wildman–Crippen LogP) is 0.742. The largest absolute Gasteiger partial charge is 0.206 e. The van der Waals surface area contributed by atoms with Crippen molar-refractivity contribution in [2.24, 2.45) is 0 Å². The molecule has 0 aliphatic heterocycles. The predicted molar refractivity (Wildman–Crippen MR) is 50.2 cm³/mol. The first kappa shape index (κ1) is 8.46. The minimum absolute atomic E-state index is 0.0397. The quantitative estimate of drug-likeness (QED) is 0.501. The molecule has 60 valence electrons. The second-order valence-electron chi connectivity index (χ2n) is 3.07. The second-order valence-corrected chi connectivity index (χ2v) is 4.15. The molecule has 0 unspecified atom stereocenters. The fraction of sp³-hybridized carbons (Fsp3) is 0.333. The average Bonchev–Trinajstić information content (AvgIpc) is 1.97. The van der Waals surface area contributed by atoms with Gasteiger partial charge in [-0.05, 0) is 37.5 Å². The fourth-order valence-electron chi connectivity index (χ4n) is 1.25. The molecule has 0 aliphatic rings. The lowest BCUT2D eigenvalue weighted by atomic mass is 10.1. The lowest BCUT2D eigenvalue weighted by Gasteiger charge is -2.07. The van der Waals surface area contributed by atoms with Crippen molar-refractivity contribution in [2.75, 3.05) is 0 Å². The molecule has 2 heteroatoms. The van der Waals surface area contributed by atoms with E-state index in [9.17, 15) is 4.39 Å². The number of halogens is 1. The minimum Gasteiger partial charge on any atom is -0.206 e. The lowest BCUT2D eigenvalue weighted by molar-refractivity contribution is 0.608. The first-order valence-electron chi connectivity index (χ1n) is 3.77. The molecule has 0 saturated heterocycles. The van der Waals surface area contributed by atoms with Crippen molar-refractivity contribution in [1.82, 2.24) is 0 Å². The van der Waals surface area contributed by atoms with Gasteiger partial charge in [-0.25, -0.2) is 4.39 Å². The molecule has 1 aromatic carbocycles. The van der Waals surface area contributed by atoms with Gasteiger partial charge in [0.15, 0.2) is 0 Å². The summed E-state index contributed by atoms with van der Waals surface area (Å²) in [5.41, 5.74) is 2.72. The van der Waals surface area contributed by atoms with Crippen LogP contribution in [-0.4, -0.2) is 10.2 Å². The van der Waals surface area contributed by atoms with Gasteiger partial charge in [-0.1, -0.05) is 11.3 Å². The van der Waals surface area contributed by atoms with E-state index in [0.717, 1.165) is 26.9 Å². The molecule has 0 fully saturated rings. The summed E-state index contributed by atoms with van der Waals surface area (Å²) >= 11 is 0. The fourth-order valence-corrected chi connectivity index (χ4v) is 2.06. The van der Waals surface area contributed by atoms with Crippen LogP contribution in [0, 0.1) is 26.6 Å². The van der Waals surface area contributed by atoms with Crippen LogP contribution in [0.3, 0.4) is 0 Å². The Morgan fingerprint density at radius 3 is 2.27 bits per heavy atom. The second kappa shape index (κ2) is 2.78. The topological polar surface area (TPSA) is 0 Å². The smallest absolute Gasteiger partial charge is 0.129 e. The van der Waals surface area contributed by atoms with E-state index in [1.807, 2.05) is 26.8 Å². The summed E-state index contributed by atoms with van der Waals surface area (Å²) < 4.78 is 13.2. The summed E-state index contributed by atoms with van der Waals surface area (Å²) in [4.78, 5) is 0. The zero-order valence-corrected chi connectivity index (χ0v) is 9.46. The van der Waals surface area contributed by atoms with Crippen LogP contribution in [-0.2, 0) is 0 Å². The van der Waals surface area contributed by atoms with Crippen LogP contribution in [0.25, 0.3) is 0 Å². The Kier molecular flexibility index (Phi) is 2.14. The molecule has 0 bridgehead atoms. The molecule has 0 aliphatic carbocycles. The zero-order chi connectivity index (χ0) is 8.59. The van der Waals surface area contributed by atoms with E-state index in [1.54, 1.807) is 0 Å². The van der Waals surface area contributed by atoms with E-state index < -0.39 is 0 Å². The number of hydrogen-bond donors (Lipinski definition) is 0. The average molecular weight is 168 g/mol. The van der Waals surface area contributed by atoms with Gasteiger partial charge in [0.2, 0.25) is 0 Å². The molecule has 0 atom stereocenters. The monoisotopic (exact) mass is 168 g/mol. The van der Waals surface area contributed by atoms with Crippen molar-refractivity contribution < 1.29 is 4.39 Å². The van der Waals surface area contributed by atoms with E-state index in [0.29, 0.717) is 0 Å². The van der Waals surface area contributed by atoms with Crippen LogP contribution >= 0.6 is 0 Å². The third-order valence-electron chi connectivity index (χ3n) is 2.26. The van der Waals surface area contributed by atoms with Crippen LogP contribution in [0.5, 0.6) is 0 Å². The number of aryl methyl sites for hydroxylation is 1. The van der Waals surface area contributed by atoms with Crippen molar-refractivity contribution in [1.29, 1.82) is 0 Å². The molecule has 1 aromatic rings. The minimum atomic E-state index is -0.0397. The SMILES string of the molecule is Cc1cc([SiH3])c(C)c(C)c1F. The van der Waals surface area contributed by atoms with Gasteiger partial charge in [0, 0.05) is 10.2 Å². The van der Waals surface area contributed by atoms with Crippen LogP contribution in [0.4, 0.5) is 4.39 Å². The molecule has 11 heavy (non-hydrogen) atoms. The molecule has 0 heterocycles. The highest BCUT2D eigenvalue weighted by atomic mass is 28.1. The number of hydrogen-bond acceptors (Lipinski definition) is 0. The molecule has 0 radical (unpaired) electrons. The van der Waals surface area contributed by atoms with E-state index >= 15 is 0 Å². The highest BCUT2D eigenvalue weighted by Crippen LogP contribution is 2.12. The Balaban J connectivity index is 3.46. The third kappa shape index (κ3) is 1.36. The van der Waals surface area contributed by atoms with Crippen LogP contribution in [0.15, 0.2) is 6.07 Å². The van der Waals surface area contributed by atoms with Gasteiger partial charge in [-0.15, -0.1) is 0 Å². The van der Waals surface area contributed by atoms with Crippen molar-refractivity contribution in [3.8, 4) is 0 Å². The van der Waals surface area contributed by atoms with Crippen LogP contribution in [0.2, 0.25) is 0 Å². The van der Waals surface area contributed by atoms with Crippen molar-refractivity contribution >= 4 is 15.4 Å². The summed E-state index contributed by atoms with van der Waals surface area (Å²) in [5, 5.41) is 1.31. The number of benzene rings is 1. The first-order valence-corrected chi connectivity index (χ1v) is 4.77. The van der Waals surface area contributed by atoms with Crippen LogP contribution in [0.1, 0.15) is 16.7 Å². The third-order valence-corrected chi connectivity index (χ3v) is 3.30. The van der Waals surface area contributed by atoms with Gasteiger partial charge in [-0.3, -0.25) is 0 Å². The number of rotatable bonds is 0. The molecule has 0 N–H and O–H groups in total. The molecular weight excluding hydrogens is 155 g/mol. The first-order chi connectivity index (χ1) is 5.04. The Morgan fingerprint density at radius 2 is 1.73 bits per heavy atom. The van der Waals surface area contributed by atoms with Gasteiger partial charge >= 0.3 is 0 Å². The maximum atomic E-state index is 13.2. The van der Waals surface area contributed by atoms with Crippen molar-refractivity contribution in [2.45, 2.75) is 20.8 Å². The molecule has 0 aromatic heterocycles. The standard InChI is InChI=1S/C9H13FSi/c1-5-4-8(11)6(2)7(3)9(5)10/h4H,1-3,11H3. The lowest BCUT2D eigenvalue weighted by Crippen LogP contribution is -2.11. The molecule has 0 amide bonds. The molecule has 1 rings (SSSR count). The van der Waals surface area contributed by atoms with E-state index in [4.69, 9.17) is 0 Å². The summed E-state index contributed by atoms with van der Waals surface area (Å²) in [6.07, 6.45) is 0. The van der Waals surface area contributed by atoms with Crippen molar-refractivity contribution in [3.63, 3.8) is 0 Å².